The van der Waals surface area contributed by atoms with Crippen LogP contribution in [0.3, 0.4) is 0 Å². The number of methoxy groups -OCH3 is 1. The number of fused-ring (bicyclic) bond motifs is 1. The number of amides is 1. The van der Waals surface area contributed by atoms with Crippen molar-refractivity contribution in [1.29, 1.82) is 0 Å². The van der Waals surface area contributed by atoms with Crippen LogP contribution in [-0.2, 0) is 11.2 Å². The lowest BCUT2D eigenvalue weighted by Gasteiger charge is -2.08. The molecule has 4 rings (SSSR count). The molecule has 1 amide bonds. The van der Waals surface area contributed by atoms with Gasteiger partial charge in [0.1, 0.15) is 10.6 Å². The van der Waals surface area contributed by atoms with Crippen molar-refractivity contribution >= 4 is 49.6 Å². The van der Waals surface area contributed by atoms with Crippen LogP contribution in [0.1, 0.15) is 33.2 Å². The van der Waals surface area contributed by atoms with Gasteiger partial charge in [0.25, 0.3) is 5.91 Å². The van der Waals surface area contributed by atoms with Gasteiger partial charge in [0.05, 0.1) is 12.7 Å². The van der Waals surface area contributed by atoms with Crippen molar-refractivity contribution in [1.82, 2.24) is 0 Å². The molecule has 0 fully saturated rings. The molecule has 146 valence electrons. The van der Waals surface area contributed by atoms with Crippen LogP contribution in [0.2, 0.25) is 0 Å². The minimum atomic E-state index is -0.466. The summed E-state index contributed by atoms with van der Waals surface area (Å²) in [6, 6.07) is 15.8. The van der Waals surface area contributed by atoms with Crippen molar-refractivity contribution in [3.63, 3.8) is 0 Å². The SMILES string of the molecule is CCc1ccc(-c2csc(NC(=O)c3csc4ccccc34)c2C(=O)OC)cc1. The first-order valence-electron chi connectivity index (χ1n) is 9.19. The van der Waals surface area contributed by atoms with E-state index < -0.39 is 5.97 Å². The molecule has 4 aromatic rings. The number of nitrogens with one attached hydrogen (secondary N) is 1. The summed E-state index contributed by atoms with van der Waals surface area (Å²) in [6.45, 7) is 2.10. The van der Waals surface area contributed by atoms with E-state index in [-0.39, 0.29) is 5.91 Å². The fraction of sp³-hybridized carbons (Fsp3) is 0.130. The summed E-state index contributed by atoms with van der Waals surface area (Å²) in [5.41, 5.74) is 3.88. The van der Waals surface area contributed by atoms with Gasteiger partial charge in [-0.15, -0.1) is 22.7 Å². The number of anilines is 1. The smallest absolute Gasteiger partial charge is 0.341 e. The molecule has 4 nitrogen and oxygen atoms in total. The van der Waals surface area contributed by atoms with Crippen LogP contribution < -0.4 is 5.32 Å². The van der Waals surface area contributed by atoms with Crippen molar-refractivity contribution in [3.05, 3.63) is 76.0 Å². The molecule has 6 heteroatoms. The van der Waals surface area contributed by atoms with Gasteiger partial charge in [-0.3, -0.25) is 4.79 Å². The zero-order chi connectivity index (χ0) is 20.4. The number of ether oxygens (including phenoxy) is 1. The summed E-state index contributed by atoms with van der Waals surface area (Å²) in [6.07, 6.45) is 0.948. The van der Waals surface area contributed by atoms with Gasteiger partial charge < -0.3 is 10.1 Å². The first-order valence-corrected chi connectivity index (χ1v) is 10.9. The third-order valence-electron chi connectivity index (χ3n) is 4.81. The third-order valence-corrected chi connectivity index (χ3v) is 6.67. The molecule has 0 aliphatic carbocycles. The van der Waals surface area contributed by atoms with Gasteiger partial charge in [-0.05, 0) is 23.6 Å². The lowest BCUT2D eigenvalue weighted by Crippen LogP contribution is -2.13. The number of thiophene rings is 2. The zero-order valence-electron chi connectivity index (χ0n) is 16.0. The normalized spacial score (nSPS) is 10.8. The average molecular weight is 422 g/mol. The molecule has 0 atom stereocenters. The predicted octanol–water partition coefficient (Wildman–Crippen LogP) is 6.23. The molecule has 0 bridgehead atoms. The number of benzene rings is 2. The lowest BCUT2D eigenvalue weighted by atomic mass is 10.0. The van der Waals surface area contributed by atoms with E-state index in [0.717, 1.165) is 27.6 Å². The van der Waals surface area contributed by atoms with E-state index in [4.69, 9.17) is 4.74 Å². The second-order valence-electron chi connectivity index (χ2n) is 6.50. The second kappa shape index (κ2) is 8.19. The van der Waals surface area contributed by atoms with E-state index in [0.29, 0.717) is 16.1 Å². The number of aryl methyl sites for hydroxylation is 1. The summed E-state index contributed by atoms with van der Waals surface area (Å²) in [7, 11) is 1.35. The number of rotatable bonds is 5. The van der Waals surface area contributed by atoms with E-state index in [1.807, 2.05) is 59.3 Å². The molecule has 0 aliphatic rings. The summed E-state index contributed by atoms with van der Waals surface area (Å²) in [4.78, 5) is 25.5. The summed E-state index contributed by atoms with van der Waals surface area (Å²) < 4.78 is 6.05. The molecule has 0 unspecified atom stereocenters. The number of esters is 1. The number of hydrogen-bond donors (Lipinski definition) is 1. The molecular formula is C23H19NO3S2. The van der Waals surface area contributed by atoms with Gasteiger partial charge in [-0.2, -0.15) is 0 Å². The Morgan fingerprint density at radius 2 is 1.76 bits per heavy atom. The third kappa shape index (κ3) is 3.69. The Hall–Kier alpha value is -2.96. The molecule has 2 heterocycles. The van der Waals surface area contributed by atoms with E-state index in [1.54, 1.807) is 0 Å². The standard InChI is InChI=1S/C23H19NO3S2/c1-3-14-8-10-15(11-9-14)17-12-29-22(20(17)23(26)27-2)24-21(25)18-13-28-19-7-5-4-6-16(18)19/h4-13H,3H2,1-2H3,(H,24,25). The predicted molar refractivity (Wildman–Crippen MR) is 120 cm³/mol. The second-order valence-corrected chi connectivity index (χ2v) is 8.29. The summed E-state index contributed by atoms with van der Waals surface area (Å²) in [5, 5.41) is 8.04. The monoisotopic (exact) mass is 421 g/mol. The zero-order valence-corrected chi connectivity index (χ0v) is 17.7. The van der Waals surface area contributed by atoms with Crippen molar-refractivity contribution in [3.8, 4) is 11.1 Å². The fourth-order valence-electron chi connectivity index (χ4n) is 3.21. The Morgan fingerprint density at radius 1 is 1.00 bits per heavy atom. The van der Waals surface area contributed by atoms with E-state index >= 15 is 0 Å². The van der Waals surface area contributed by atoms with E-state index in [1.165, 1.54) is 35.3 Å². The Labute approximate surface area is 176 Å². The highest BCUT2D eigenvalue weighted by Gasteiger charge is 2.23. The van der Waals surface area contributed by atoms with Crippen LogP contribution in [0.15, 0.2) is 59.3 Å². The molecule has 0 saturated heterocycles. The maximum absolute atomic E-state index is 12.9. The molecule has 29 heavy (non-hydrogen) atoms. The lowest BCUT2D eigenvalue weighted by molar-refractivity contribution is 0.0603. The summed E-state index contributed by atoms with van der Waals surface area (Å²) >= 11 is 2.85. The number of carbonyl (C=O) groups is 2. The fourth-order valence-corrected chi connectivity index (χ4v) is 5.10. The highest BCUT2D eigenvalue weighted by Crippen LogP contribution is 2.37. The molecular weight excluding hydrogens is 402 g/mol. The van der Waals surface area contributed by atoms with Crippen molar-refractivity contribution in [2.24, 2.45) is 0 Å². The van der Waals surface area contributed by atoms with Gasteiger partial charge in [0.15, 0.2) is 0 Å². The average Bonchev–Trinajstić information content (AvgIpc) is 3.37. The van der Waals surface area contributed by atoms with Crippen LogP contribution in [0.5, 0.6) is 0 Å². The topological polar surface area (TPSA) is 55.4 Å². The molecule has 0 spiro atoms. The van der Waals surface area contributed by atoms with Crippen LogP contribution in [0.4, 0.5) is 5.00 Å². The highest BCUT2D eigenvalue weighted by atomic mass is 32.1. The van der Waals surface area contributed by atoms with E-state index in [2.05, 4.69) is 12.2 Å². The molecule has 2 aromatic carbocycles. The summed E-state index contributed by atoms with van der Waals surface area (Å²) in [5.74, 6) is -0.700. The maximum Gasteiger partial charge on any atom is 0.341 e. The van der Waals surface area contributed by atoms with Crippen LogP contribution in [0, 0.1) is 0 Å². The largest absolute Gasteiger partial charge is 0.465 e. The molecule has 1 N–H and O–H groups in total. The van der Waals surface area contributed by atoms with Crippen molar-refractivity contribution in [2.45, 2.75) is 13.3 Å². The minimum absolute atomic E-state index is 0.234. The Kier molecular flexibility index (Phi) is 5.47. The first kappa shape index (κ1) is 19.4. The van der Waals surface area contributed by atoms with Crippen LogP contribution >= 0.6 is 22.7 Å². The maximum atomic E-state index is 12.9. The van der Waals surface area contributed by atoms with Gasteiger partial charge in [0, 0.05) is 26.4 Å². The minimum Gasteiger partial charge on any atom is -0.465 e. The first-order chi connectivity index (χ1) is 14.1. The Morgan fingerprint density at radius 3 is 2.48 bits per heavy atom. The number of hydrogen-bond acceptors (Lipinski definition) is 5. The Bertz CT molecular complexity index is 1190. The van der Waals surface area contributed by atoms with Gasteiger partial charge in [0.2, 0.25) is 0 Å². The quantitative estimate of drug-likeness (QED) is 0.389. The van der Waals surface area contributed by atoms with Crippen LogP contribution in [0.25, 0.3) is 21.2 Å². The van der Waals surface area contributed by atoms with Gasteiger partial charge in [-0.25, -0.2) is 4.79 Å². The number of carbonyl (C=O) groups excluding carboxylic acids is 2. The van der Waals surface area contributed by atoms with Crippen molar-refractivity contribution < 1.29 is 14.3 Å². The molecule has 0 saturated carbocycles. The Balaban J connectivity index is 1.71. The van der Waals surface area contributed by atoms with Crippen LogP contribution in [-0.4, -0.2) is 19.0 Å². The highest BCUT2D eigenvalue weighted by molar-refractivity contribution is 7.17. The molecule has 0 radical (unpaired) electrons. The van der Waals surface area contributed by atoms with Crippen molar-refractivity contribution in [2.75, 3.05) is 12.4 Å². The van der Waals surface area contributed by atoms with Gasteiger partial charge in [-0.1, -0.05) is 49.4 Å². The van der Waals surface area contributed by atoms with Gasteiger partial charge >= 0.3 is 5.97 Å². The van der Waals surface area contributed by atoms with E-state index in [9.17, 15) is 9.59 Å². The molecule has 0 aliphatic heterocycles. The molecule has 2 aromatic heterocycles.